The number of rotatable bonds is 8. The lowest BCUT2D eigenvalue weighted by Crippen LogP contribution is -2.10. The van der Waals surface area contributed by atoms with E-state index in [4.69, 9.17) is 4.74 Å². The van der Waals surface area contributed by atoms with Gasteiger partial charge in [-0.3, -0.25) is 10.1 Å². The lowest BCUT2D eigenvalue weighted by Gasteiger charge is -2.12. The van der Waals surface area contributed by atoms with Crippen LogP contribution in [0.3, 0.4) is 0 Å². The zero-order valence-electron chi connectivity index (χ0n) is 18.1. The molecule has 0 aliphatic heterocycles. The fourth-order valence-electron chi connectivity index (χ4n) is 2.80. The number of nitrogens with zero attached hydrogens (tertiary/aromatic N) is 3. The van der Waals surface area contributed by atoms with Gasteiger partial charge in [0.1, 0.15) is 6.33 Å². The third-order valence-electron chi connectivity index (χ3n) is 4.39. The maximum Gasteiger partial charge on any atom is 0.416 e. The second-order valence-electron chi connectivity index (χ2n) is 7.57. The molecule has 2 aromatic carbocycles. The molecular formula is C22H20F3N5O4. The first kappa shape index (κ1) is 24.4. The highest BCUT2D eigenvalue weighted by atomic mass is 19.4. The van der Waals surface area contributed by atoms with Crippen molar-refractivity contribution in [2.75, 3.05) is 17.2 Å². The molecule has 0 amide bonds. The van der Waals surface area contributed by atoms with E-state index in [0.717, 1.165) is 18.5 Å². The molecule has 3 rings (SSSR count). The van der Waals surface area contributed by atoms with E-state index in [-0.39, 0.29) is 29.8 Å². The summed E-state index contributed by atoms with van der Waals surface area (Å²) in [6.07, 6.45) is -3.54. The zero-order valence-corrected chi connectivity index (χ0v) is 18.1. The number of esters is 1. The van der Waals surface area contributed by atoms with Gasteiger partial charge in [-0.05, 0) is 48.4 Å². The van der Waals surface area contributed by atoms with Gasteiger partial charge in [-0.1, -0.05) is 19.9 Å². The summed E-state index contributed by atoms with van der Waals surface area (Å²) < 4.78 is 44.1. The van der Waals surface area contributed by atoms with Gasteiger partial charge >= 0.3 is 17.8 Å². The van der Waals surface area contributed by atoms with Crippen LogP contribution in [0.1, 0.15) is 29.8 Å². The predicted octanol–water partition coefficient (Wildman–Crippen LogP) is 5.70. The van der Waals surface area contributed by atoms with Crippen molar-refractivity contribution >= 4 is 34.7 Å². The van der Waals surface area contributed by atoms with Crippen molar-refractivity contribution in [2.24, 2.45) is 5.92 Å². The molecule has 0 unspecified atom stereocenters. The van der Waals surface area contributed by atoms with Gasteiger partial charge in [0.2, 0.25) is 11.6 Å². The van der Waals surface area contributed by atoms with Gasteiger partial charge in [-0.2, -0.15) is 13.2 Å². The summed E-state index contributed by atoms with van der Waals surface area (Å²) in [5.41, 5.74) is -0.839. The lowest BCUT2D eigenvalue weighted by atomic mass is 10.2. The number of nitro groups is 1. The summed E-state index contributed by atoms with van der Waals surface area (Å²) in [5, 5.41) is 17.0. The van der Waals surface area contributed by atoms with E-state index in [1.807, 2.05) is 13.8 Å². The number of hydrogen-bond acceptors (Lipinski definition) is 8. The van der Waals surface area contributed by atoms with Gasteiger partial charge in [-0.25, -0.2) is 14.8 Å². The van der Waals surface area contributed by atoms with Crippen LogP contribution in [0.5, 0.6) is 0 Å². The minimum Gasteiger partial charge on any atom is -0.462 e. The quantitative estimate of drug-likeness (QED) is 0.242. The van der Waals surface area contributed by atoms with Crippen molar-refractivity contribution in [1.29, 1.82) is 0 Å². The molecule has 0 aliphatic carbocycles. The topological polar surface area (TPSA) is 119 Å². The minimum absolute atomic E-state index is 0.0353. The Morgan fingerprint density at radius 1 is 1.06 bits per heavy atom. The Balaban J connectivity index is 1.83. The van der Waals surface area contributed by atoms with Crippen LogP contribution < -0.4 is 10.6 Å². The molecule has 0 saturated carbocycles. The molecule has 2 N–H and O–H groups in total. The van der Waals surface area contributed by atoms with Crippen molar-refractivity contribution in [3.8, 4) is 0 Å². The molecule has 0 aliphatic rings. The highest BCUT2D eigenvalue weighted by molar-refractivity contribution is 5.90. The molecule has 1 aromatic heterocycles. The minimum atomic E-state index is -4.57. The molecule has 1 heterocycles. The Kier molecular flexibility index (Phi) is 7.29. The Morgan fingerprint density at radius 2 is 1.68 bits per heavy atom. The average Bonchev–Trinajstić information content (AvgIpc) is 2.77. The number of nitrogens with one attached hydrogen (secondary N) is 2. The predicted molar refractivity (Wildman–Crippen MR) is 118 cm³/mol. The Labute approximate surface area is 192 Å². The van der Waals surface area contributed by atoms with Crippen LogP contribution in [-0.2, 0) is 10.9 Å². The summed E-state index contributed by atoms with van der Waals surface area (Å²) in [6.45, 7) is 4.09. The lowest BCUT2D eigenvalue weighted by molar-refractivity contribution is -0.383. The SMILES string of the molecule is CC(C)COC(=O)c1ccc(Nc2ncnc(Nc3cccc(C(F)(F)F)c3)c2[N+](=O)[O-])cc1. The highest BCUT2D eigenvalue weighted by Gasteiger charge is 2.31. The third-order valence-corrected chi connectivity index (χ3v) is 4.39. The summed E-state index contributed by atoms with van der Waals surface area (Å²) >= 11 is 0. The van der Waals surface area contributed by atoms with Gasteiger partial charge in [0, 0.05) is 11.4 Å². The van der Waals surface area contributed by atoms with Crippen molar-refractivity contribution in [2.45, 2.75) is 20.0 Å². The van der Waals surface area contributed by atoms with Crippen LogP contribution in [0, 0.1) is 16.0 Å². The first-order chi connectivity index (χ1) is 16.0. The molecular weight excluding hydrogens is 455 g/mol. The number of halogens is 3. The van der Waals surface area contributed by atoms with Gasteiger partial charge in [0.05, 0.1) is 22.7 Å². The van der Waals surface area contributed by atoms with Gasteiger partial charge in [-0.15, -0.1) is 0 Å². The van der Waals surface area contributed by atoms with Crippen LogP contribution in [0.2, 0.25) is 0 Å². The molecule has 0 saturated heterocycles. The van der Waals surface area contributed by atoms with Crippen LogP contribution in [0.15, 0.2) is 54.9 Å². The third kappa shape index (κ3) is 6.18. The largest absolute Gasteiger partial charge is 0.462 e. The number of carbonyl (C=O) groups excluding carboxylic acids is 1. The number of carbonyl (C=O) groups is 1. The second kappa shape index (κ2) is 10.1. The van der Waals surface area contributed by atoms with Gasteiger partial charge < -0.3 is 15.4 Å². The first-order valence-electron chi connectivity index (χ1n) is 10.0. The van der Waals surface area contributed by atoms with E-state index < -0.39 is 28.3 Å². The molecule has 9 nitrogen and oxygen atoms in total. The van der Waals surface area contributed by atoms with E-state index >= 15 is 0 Å². The van der Waals surface area contributed by atoms with Crippen molar-refractivity contribution in [3.05, 3.63) is 76.1 Å². The fraction of sp³-hybridized carbons (Fsp3) is 0.227. The molecule has 3 aromatic rings. The average molecular weight is 475 g/mol. The smallest absolute Gasteiger partial charge is 0.416 e. The molecule has 178 valence electrons. The zero-order chi connectivity index (χ0) is 24.9. The van der Waals surface area contributed by atoms with E-state index in [9.17, 15) is 28.1 Å². The number of ether oxygens (including phenoxy) is 1. The summed E-state index contributed by atoms with van der Waals surface area (Å²) in [7, 11) is 0. The normalized spacial score (nSPS) is 11.2. The number of hydrogen-bond donors (Lipinski definition) is 2. The maximum absolute atomic E-state index is 13.0. The Bertz CT molecular complexity index is 1180. The van der Waals surface area contributed by atoms with Crippen molar-refractivity contribution in [3.63, 3.8) is 0 Å². The molecule has 34 heavy (non-hydrogen) atoms. The summed E-state index contributed by atoms with van der Waals surface area (Å²) in [5.74, 6) is -0.803. The monoisotopic (exact) mass is 475 g/mol. The maximum atomic E-state index is 13.0. The molecule has 0 bridgehead atoms. The number of benzene rings is 2. The number of alkyl halides is 3. The molecule has 12 heteroatoms. The molecule has 0 spiro atoms. The standard InChI is InChI=1S/C22H20F3N5O4/c1-13(2)11-34-21(31)14-6-8-16(9-7-14)28-19-18(30(32)33)20(27-12-26-19)29-17-5-3-4-15(10-17)22(23,24)25/h3-10,12-13H,11H2,1-2H3,(H2,26,27,28,29). The summed E-state index contributed by atoms with van der Waals surface area (Å²) in [6, 6.07) is 10.2. The molecule has 0 fully saturated rings. The van der Waals surface area contributed by atoms with Gasteiger partial charge in [0.25, 0.3) is 0 Å². The van der Waals surface area contributed by atoms with E-state index in [0.29, 0.717) is 11.3 Å². The van der Waals surface area contributed by atoms with Crippen LogP contribution >= 0.6 is 0 Å². The van der Waals surface area contributed by atoms with E-state index in [1.165, 1.54) is 36.4 Å². The van der Waals surface area contributed by atoms with E-state index in [2.05, 4.69) is 20.6 Å². The van der Waals surface area contributed by atoms with Crippen LogP contribution in [0.4, 0.5) is 41.9 Å². The van der Waals surface area contributed by atoms with Gasteiger partial charge in [0.15, 0.2) is 0 Å². The summed E-state index contributed by atoms with van der Waals surface area (Å²) in [4.78, 5) is 30.7. The van der Waals surface area contributed by atoms with Crippen LogP contribution in [-0.4, -0.2) is 27.5 Å². The van der Waals surface area contributed by atoms with E-state index in [1.54, 1.807) is 0 Å². The number of aromatic nitrogens is 2. The molecule has 0 atom stereocenters. The van der Waals surface area contributed by atoms with Crippen molar-refractivity contribution in [1.82, 2.24) is 9.97 Å². The van der Waals surface area contributed by atoms with Crippen LogP contribution in [0.25, 0.3) is 0 Å². The fourth-order valence-corrected chi connectivity index (χ4v) is 2.80. The number of anilines is 4. The Hall–Kier alpha value is -4.22. The highest BCUT2D eigenvalue weighted by Crippen LogP contribution is 2.35. The first-order valence-corrected chi connectivity index (χ1v) is 10.0. The Morgan fingerprint density at radius 3 is 2.24 bits per heavy atom. The molecule has 0 radical (unpaired) electrons. The second-order valence-corrected chi connectivity index (χ2v) is 7.57. The van der Waals surface area contributed by atoms with Crippen molar-refractivity contribution < 1.29 is 27.6 Å².